The van der Waals surface area contributed by atoms with Crippen molar-refractivity contribution in [2.24, 2.45) is 5.16 Å². The Labute approximate surface area is 224 Å². The van der Waals surface area contributed by atoms with Gasteiger partial charge in [-0.05, 0) is 23.6 Å². The van der Waals surface area contributed by atoms with Crippen LogP contribution in [0.3, 0.4) is 0 Å². The van der Waals surface area contributed by atoms with E-state index in [-0.39, 0.29) is 28.2 Å². The first-order chi connectivity index (χ1) is 18.3. The Kier molecular flexibility index (Phi) is 6.91. The van der Waals surface area contributed by atoms with Crippen LogP contribution in [-0.2, 0) is 25.7 Å². The predicted molar refractivity (Wildman–Crippen MR) is 139 cm³/mol. The molecular formula is C24H22N6O6S2. The zero-order valence-electron chi connectivity index (χ0n) is 19.7. The molecule has 5 N–H and O–H groups in total. The first-order valence-electron chi connectivity index (χ1n) is 11.5. The summed E-state index contributed by atoms with van der Waals surface area (Å²) in [6, 6.07) is 8.54. The first-order valence-corrected chi connectivity index (χ1v) is 13.4. The van der Waals surface area contributed by atoms with Gasteiger partial charge in [0.15, 0.2) is 10.8 Å². The molecule has 14 heteroatoms. The number of benzene rings is 1. The van der Waals surface area contributed by atoms with Crippen LogP contribution in [0, 0.1) is 0 Å². The Morgan fingerprint density at radius 1 is 1.26 bits per heavy atom. The number of carboxylic acids is 1. The van der Waals surface area contributed by atoms with Crippen molar-refractivity contribution in [3.63, 3.8) is 0 Å². The molecule has 12 nitrogen and oxygen atoms in total. The number of oxime groups is 1. The van der Waals surface area contributed by atoms with Crippen LogP contribution in [0.2, 0.25) is 0 Å². The molecule has 4 heterocycles. The van der Waals surface area contributed by atoms with Gasteiger partial charge < -0.3 is 26.3 Å². The van der Waals surface area contributed by atoms with Crippen LogP contribution < -0.4 is 11.1 Å². The fourth-order valence-corrected chi connectivity index (χ4v) is 6.39. The van der Waals surface area contributed by atoms with Gasteiger partial charge in [0.2, 0.25) is 5.91 Å². The molecule has 0 radical (unpaired) electrons. The number of carbonyl (C=O) groups excluding carboxylic acids is 3. The number of allylic oxidation sites excluding steroid dienone is 1. The lowest BCUT2D eigenvalue weighted by Gasteiger charge is -2.49. The number of anilines is 1. The number of amides is 3. The highest BCUT2D eigenvalue weighted by Crippen LogP contribution is 2.41. The van der Waals surface area contributed by atoms with Gasteiger partial charge in [0.25, 0.3) is 11.8 Å². The SMILES string of the molecule is Nc1nc(/C(=N/O)C(=O)N[C@@H]2C(=O)N3C(C(=O)O)=C(C=C4CCN(Cc5ccccc5)C4=O)CS[C@H]23)cs1. The van der Waals surface area contributed by atoms with Gasteiger partial charge in [0.1, 0.15) is 22.8 Å². The molecule has 2 aromatic rings. The van der Waals surface area contributed by atoms with Crippen molar-refractivity contribution < 1.29 is 29.5 Å². The molecule has 3 aliphatic heterocycles. The molecule has 5 rings (SSSR count). The maximum atomic E-state index is 13.0. The fourth-order valence-electron chi connectivity index (χ4n) is 4.54. The number of hydrogen-bond acceptors (Lipinski definition) is 10. The number of likely N-dealkylation sites (tertiary alicyclic amines) is 1. The number of nitrogens with one attached hydrogen (secondary N) is 1. The minimum Gasteiger partial charge on any atom is -0.477 e. The molecular weight excluding hydrogens is 532 g/mol. The van der Waals surface area contributed by atoms with Gasteiger partial charge in [0, 0.05) is 29.8 Å². The van der Waals surface area contributed by atoms with Crippen LogP contribution in [0.25, 0.3) is 0 Å². The number of rotatable bonds is 7. The standard InChI is InChI=1S/C24H22N6O6S2/c25-24-26-15(11-38-24)16(28-36)19(31)27-17-21(33)30-18(23(34)35)14(10-37-22(17)30)8-13-6-7-29(20(13)32)9-12-4-2-1-3-5-12/h1-5,8,11,17,22,36H,6-7,9-10H2,(H2,25,26)(H,27,31)(H,34,35)/b13-8?,28-16-/t17-,22-/m1/s1. The van der Waals surface area contributed by atoms with Crippen molar-refractivity contribution in [1.29, 1.82) is 0 Å². The highest BCUT2D eigenvalue weighted by atomic mass is 32.2. The number of nitrogen functional groups attached to an aromatic ring is 1. The van der Waals surface area contributed by atoms with Gasteiger partial charge in [-0.15, -0.1) is 23.1 Å². The van der Waals surface area contributed by atoms with Gasteiger partial charge in [-0.3, -0.25) is 19.3 Å². The minimum absolute atomic E-state index is 0.0509. The van der Waals surface area contributed by atoms with E-state index in [2.05, 4.69) is 15.5 Å². The second kappa shape index (κ2) is 10.3. The van der Waals surface area contributed by atoms with Crippen molar-refractivity contribution in [1.82, 2.24) is 20.1 Å². The summed E-state index contributed by atoms with van der Waals surface area (Å²) in [5, 5.41) is 25.6. The molecule has 3 aliphatic rings. The summed E-state index contributed by atoms with van der Waals surface area (Å²) >= 11 is 2.32. The van der Waals surface area contributed by atoms with E-state index < -0.39 is 34.9 Å². The van der Waals surface area contributed by atoms with Crippen molar-refractivity contribution in [2.75, 3.05) is 18.0 Å². The van der Waals surface area contributed by atoms with Crippen LogP contribution in [0.1, 0.15) is 17.7 Å². The molecule has 2 atom stereocenters. The van der Waals surface area contributed by atoms with Crippen LogP contribution in [0.5, 0.6) is 0 Å². The van der Waals surface area contributed by atoms with Crippen molar-refractivity contribution >= 4 is 57.6 Å². The third-order valence-electron chi connectivity index (χ3n) is 6.34. The zero-order chi connectivity index (χ0) is 27.0. The number of aromatic nitrogens is 1. The van der Waals surface area contributed by atoms with Gasteiger partial charge >= 0.3 is 5.97 Å². The van der Waals surface area contributed by atoms with Gasteiger partial charge in [-0.1, -0.05) is 35.5 Å². The van der Waals surface area contributed by atoms with E-state index in [9.17, 15) is 29.5 Å². The van der Waals surface area contributed by atoms with E-state index in [1.165, 1.54) is 17.1 Å². The topological polar surface area (TPSA) is 179 Å². The minimum atomic E-state index is -1.30. The zero-order valence-corrected chi connectivity index (χ0v) is 21.4. The van der Waals surface area contributed by atoms with Crippen molar-refractivity contribution in [2.45, 2.75) is 24.4 Å². The van der Waals surface area contributed by atoms with Crippen LogP contribution in [0.4, 0.5) is 5.13 Å². The number of nitrogens with two attached hydrogens (primary N) is 1. The molecule has 3 amide bonds. The third kappa shape index (κ3) is 4.63. The molecule has 2 saturated heterocycles. The summed E-state index contributed by atoms with van der Waals surface area (Å²) < 4.78 is 0. The Balaban J connectivity index is 1.32. The van der Waals surface area contributed by atoms with E-state index in [1.807, 2.05) is 30.3 Å². The second-order valence-electron chi connectivity index (χ2n) is 8.69. The van der Waals surface area contributed by atoms with Crippen LogP contribution >= 0.6 is 23.1 Å². The number of carbonyl (C=O) groups is 4. The second-order valence-corrected chi connectivity index (χ2v) is 10.7. The molecule has 1 aromatic carbocycles. The van der Waals surface area contributed by atoms with E-state index in [0.717, 1.165) is 21.8 Å². The fraction of sp³-hybridized carbons (Fsp3) is 0.250. The molecule has 196 valence electrons. The number of hydrogen-bond donors (Lipinski definition) is 4. The van der Waals surface area contributed by atoms with Crippen LogP contribution in [0.15, 0.2) is 63.8 Å². The summed E-state index contributed by atoms with van der Waals surface area (Å²) in [4.78, 5) is 57.5. The number of thioether (sulfide) groups is 1. The van der Waals surface area contributed by atoms with E-state index in [1.54, 1.807) is 11.0 Å². The third-order valence-corrected chi connectivity index (χ3v) is 8.32. The van der Waals surface area contributed by atoms with Crippen molar-refractivity contribution in [3.05, 3.63) is 69.9 Å². The first kappa shape index (κ1) is 25.5. The number of fused-ring (bicyclic) bond motifs is 1. The Hall–Kier alpha value is -4.17. The largest absolute Gasteiger partial charge is 0.477 e. The van der Waals surface area contributed by atoms with Crippen LogP contribution in [-0.4, -0.2) is 78.2 Å². The predicted octanol–water partition coefficient (Wildman–Crippen LogP) is 1.00. The Bertz CT molecular complexity index is 1420. The van der Waals surface area contributed by atoms with Gasteiger partial charge in [0.05, 0.1) is 0 Å². The monoisotopic (exact) mass is 554 g/mol. The lowest BCUT2D eigenvalue weighted by atomic mass is 10.0. The number of thiazole rings is 1. The average molecular weight is 555 g/mol. The number of aliphatic carboxylic acids is 1. The molecule has 0 bridgehead atoms. The Morgan fingerprint density at radius 3 is 2.68 bits per heavy atom. The van der Waals surface area contributed by atoms with Gasteiger partial charge in [-0.2, -0.15) is 0 Å². The maximum Gasteiger partial charge on any atom is 0.352 e. The molecule has 1 aromatic heterocycles. The maximum absolute atomic E-state index is 13.0. The highest BCUT2D eigenvalue weighted by Gasteiger charge is 2.54. The lowest BCUT2D eigenvalue weighted by molar-refractivity contribution is -0.150. The lowest BCUT2D eigenvalue weighted by Crippen LogP contribution is -2.71. The smallest absolute Gasteiger partial charge is 0.352 e. The summed E-state index contributed by atoms with van der Waals surface area (Å²) in [6.45, 7) is 0.971. The van der Waals surface area contributed by atoms with E-state index in [0.29, 0.717) is 30.7 Å². The molecule has 38 heavy (non-hydrogen) atoms. The molecule has 0 spiro atoms. The highest BCUT2D eigenvalue weighted by molar-refractivity contribution is 8.00. The summed E-state index contributed by atoms with van der Waals surface area (Å²) in [7, 11) is 0. The van der Waals surface area contributed by atoms with E-state index >= 15 is 0 Å². The molecule has 0 saturated carbocycles. The average Bonchev–Trinajstić information content (AvgIpc) is 3.48. The molecule has 0 unspecified atom stereocenters. The molecule has 2 fully saturated rings. The number of β-lactam (4-membered cyclic amide) rings is 1. The normalized spacial score (nSPS) is 22.5. The van der Waals surface area contributed by atoms with Crippen molar-refractivity contribution in [3.8, 4) is 0 Å². The van der Waals surface area contributed by atoms with E-state index in [4.69, 9.17) is 5.73 Å². The number of carboxylic acid groups (broad SMARTS) is 1. The number of nitrogens with zero attached hydrogens (tertiary/aromatic N) is 4. The summed E-state index contributed by atoms with van der Waals surface area (Å²) in [6.07, 6.45) is 2.04. The quantitative estimate of drug-likeness (QED) is 0.128. The molecule has 0 aliphatic carbocycles. The van der Waals surface area contributed by atoms with Gasteiger partial charge in [-0.25, -0.2) is 9.78 Å². The Morgan fingerprint density at radius 2 is 2.03 bits per heavy atom. The summed E-state index contributed by atoms with van der Waals surface area (Å²) in [5.41, 5.74) is 6.83. The summed E-state index contributed by atoms with van der Waals surface area (Å²) in [5.74, 6) is -2.72.